The van der Waals surface area contributed by atoms with Crippen LogP contribution in [0.1, 0.15) is 91.5 Å². The average Bonchev–Trinajstić information content (AvgIpc) is 4.03. The molecule has 1 aromatic heterocycles. The second kappa shape index (κ2) is 20.8. The maximum atomic E-state index is 15.2. The third-order valence-corrected chi connectivity index (χ3v) is 16.2. The molecule has 3 aliphatic carbocycles. The van der Waals surface area contributed by atoms with Gasteiger partial charge >= 0.3 is 5.97 Å². The highest BCUT2D eigenvalue weighted by molar-refractivity contribution is 6.33. The molecule has 4 heterocycles. The fraction of sp³-hybridized carbons (Fsp3) is 0.755. The van der Waals surface area contributed by atoms with Crippen molar-refractivity contribution in [3.8, 4) is 11.3 Å². The van der Waals surface area contributed by atoms with E-state index in [0.29, 0.717) is 48.4 Å². The molecule has 19 atom stereocenters. The minimum absolute atomic E-state index is 0.0283. The average molecular weight is 928 g/mol. The molecule has 6 aliphatic rings. The first kappa shape index (κ1) is 48.6. The number of carbonyl (C=O) groups is 2. The van der Waals surface area contributed by atoms with Crippen LogP contribution in [-0.2, 0) is 47.5 Å². The SMILES string of the molecule is CC[C@H]1CCC[C@H](O[C@H]2CC[C@H](N(C)C)C(C)O2)[C@@H](C)C(=O)C2=C[C@H]3[C@@H]4C[C@H](O[C@@H]5OC(C)[C@H](OC)C(OC)[C@@H]5OC)C[C@H]4C(n4cc(-c5ccccc5Cl)nn4)C(O)[C@H]3[C@@H]2CC(=O)O1. The molecular formula is C49H71ClN4O11. The molecule has 3 aliphatic heterocycles. The zero-order valence-corrected chi connectivity index (χ0v) is 40.3. The van der Waals surface area contributed by atoms with Crippen molar-refractivity contribution in [3.05, 3.63) is 47.1 Å². The van der Waals surface area contributed by atoms with Gasteiger partial charge in [-0.3, -0.25) is 9.59 Å². The van der Waals surface area contributed by atoms with Gasteiger partial charge in [0.25, 0.3) is 0 Å². The molecule has 15 nitrogen and oxygen atoms in total. The molecule has 0 radical (unpaired) electrons. The van der Waals surface area contributed by atoms with Gasteiger partial charge in [0.05, 0.1) is 54.2 Å². The standard InChI is InChI=1S/C49H71ClN4O11/c1-10-28-14-13-17-39(65-41-19-18-38(53(5)6)26(3)61-41)25(2)44(56)35-22-32-31-20-29(64-49-48(60-9)47(59-8)46(58-7)27(4)62-49)21-34(31)43(45(57)42(32)33(35)23-40(55)63-28)54-24-37(51-52-54)30-15-11-12-16-36(30)50/h11-12,15-16,22,24-29,31-34,38-39,41-43,45-49,57H,10,13-14,17-21,23H2,1-9H3/t25-,26?,27?,28+,29+,31+,32+,33-,34-,38+,39+,41+,42-,43?,45?,46+,47?,48+,49+/m1/s1. The van der Waals surface area contributed by atoms with Crippen molar-refractivity contribution in [1.29, 1.82) is 0 Å². The lowest BCUT2D eigenvalue weighted by atomic mass is 9.62. The number of nitrogens with zero attached hydrogens (tertiary/aromatic N) is 4. The van der Waals surface area contributed by atoms with Crippen molar-refractivity contribution in [2.45, 2.75) is 165 Å². The quantitative estimate of drug-likeness (QED) is 0.245. The molecule has 16 heteroatoms. The summed E-state index contributed by atoms with van der Waals surface area (Å²) in [4.78, 5) is 31.4. The number of fused-ring (bicyclic) bond motifs is 5. The second-order valence-electron chi connectivity index (χ2n) is 19.7. The van der Waals surface area contributed by atoms with Crippen LogP contribution in [0.3, 0.4) is 0 Å². The van der Waals surface area contributed by atoms with E-state index >= 15 is 4.79 Å². The predicted octanol–water partition coefficient (Wildman–Crippen LogP) is 6.45. The normalized spacial score (nSPS) is 41.5. The number of allylic oxidation sites excluding steroid dienone is 2. The number of benzene rings is 1. The third-order valence-electron chi connectivity index (χ3n) is 15.8. The number of cyclic esters (lactones) is 1. The van der Waals surface area contributed by atoms with Crippen LogP contribution in [0.2, 0.25) is 5.02 Å². The summed E-state index contributed by atoms with van der Waals surface area (Å²) in [6.45, 7) is 8.00. The summed E-state index contributed by atoms with van der Waals surface area (Å²) < 4.78 is 52.2. The molecule has 8 rings (SSSR count). The number of carbonyl (C=O) groups excluding carboxylic acids is 2. The van der Waals surface area contributed by atoms with Crippen LogP contribution in [0.5, 0.6) is 0 Å². The minimum Gasteiger partial charge on any atom is -0.462 e. The van der Waals surface area contributed by atoms with Gasteiger partial charge in [-0.05, 0) is 109 Å². The molecule has 360 valence electrons. The summed E-state index contributed by atoms with van der Waals surface area (Å²) in [5, 5.41) is 22.7. The lowest BCUT2D eigenvalue weighted by Crippen LogP contribution is -2.59. The van der Waals surface area contributed by atoms with E-state index in [-0.39, 0.29) is 72.5 Å². The molecule has 65 heavy (non-hydrogen) atoms. The van der Waals surface area contributed by atoms with Crippen molar-refractivity contribution in [2.75, 3.05) is 35.4 Å². The third kappa shape index (κ3) is 9.75. The summed E-state index contributed by atoms with van der Waals surface area (Å²) in [6.07, 6.45) is 4.45. The topological polar surface area (TPSA) is 162 Å². The number of hydrogen-bond donors (Lipinski definition) is 1. The number of esters is 1. The van der Waals surface area contributed by atoms with Crippen molar-refractivity contribution in [2.24, 2.45) is 35.5 Å². The summed E-state index contributed by atoms with van der Waals surface area (Å²) in [7, 11) is 9.02. The molecule has 2 aromatic rings. The van der Waals surface area contributed by atoms with Gasteiger partial charge in [0.2, 0.25) is 0 Å². The largest absolute Gasteiger partial charge is 0.462 e. The first-order valence-electron chi connectivity index (χ1n) is 23.9. The highest BCUT2D eigenvalue weighted by Gasteiger charge is 2.60. The molecule has 1 aromatic carbocycles. The van der Waals surface area contributed by atoms with Gasteiger partial charge in [-0.25, -0.2) is 4.68 Å². The highest BCUT2D eigenvalue weighted by Crippen LogP contribution is 2.60. The Bertz CT molecular complexity index is 1980. The van der Waals surface area contributed by atoms with E-state index in [0.717, 1.165) is 24.8 Å². The number of halogens is 1. The van der Waals surface area contributed by atoms with Gasteiger partial charge in [-0.1, -0.05) is 54.9 Å². The summed E-state index contributed by atoms with van der Waals surface area (Å²) in [6, 6.07) is 7.17. The number of aliphatic hydroxyl groups is 1. The van der Waals surface area contributed by atoms with Crippen LogP contribution < -0.4 is 0 Å². The van der Waals surface area contributed by atoms with Crippen molar-refractivity contribution < 1.29 is 52.6 Å². The number of Topliss-reactive ketones (excluding diaryl/α,β-unsaturated/α-hetero) is 1. The number of methoxy groups -OCH3 is 3. The van der Waals surface area contributed by atoms with Gasteiger partial charge in [0, 0.05) is 50.7 Å². The van der Waals surface area contributed by atoms with E-state index in [1.54, 1.807) is 26.0 Å². The van der Waals surface area contributed by atoms with Crippen LogP contribution >= 0.6 is 11.6 Å². The van der Waals surface area contributed by atoms with Gasteiger partial charge in [-0.2, -0.15) is 0 Å². The monoisotopic (exact) mass is 926 g/mol. The fourth-order valence-corrected chi connectivity index (χ4v) is 12.8. The van der Waals surface area contributed by atoms with Crippen LogP contribution in [0.4, 0.5) is 0 Å². The van der Waals surface area contributed by atoms with Crippen molar-refractivity contribution >= 4 is 23.4 Å². The highest BCUT2D eigenvalue weighted by atomic mass is 35.5. The van der Waals surface area contributed by atoms with E-state index in [9.17, 15) is 9.90 Å². The Morgan fingerprint density at radius 1 is 0.908 bits per heavy atom. The first-order chi connectivity index (χ1) is 31.3. The Morgan fingerprint density at radius 2 is 1.65 bits per heavy atom. The summed E-state index contributed by atoms with van der Waals surface area (Å²) in [5.41, 5.74) is 1.86. The summed E-state index contributed by atoms with van der Waals surface area (Å²) >= 11 is 6.65. The van der Waals surface area contributed by atoms with Gasteiger partial charge in [0.15, 0.2) is 18.4 Å². The Labute approximate surface area is 389 Å². The molecule has 0 spiro atoms. The number of ketones is 1. The zero-order chi connectivity index (χ0) is 46.3. The van der Waals surface area contributed by atoms with Crippen molar-refractivity contribution in [3.63, 3.8) is 0 Å². The molecule has 1 N–H and O–H groups in total. The zero-order valence-electron chi connectivity index (χ0n) is 39.5. The minimum atomic E-state index is -1.02. The van der Waals surface area contributed by atoms with Gasteiger partial charge in [0.1, 0.15) is 30.1 Å². The molecular weight excluding hydrogens is 856 g/mol. The molecule has 0 bridgehead atoms. The number of hydrogen-bond acceptors (Lipinski definition) is 14. The van der Waals surface area contributed by atoms with E-state index in [1.165, 1.54) is 0 Å². The van der Waals surface area contributed by atoms with E-state index in [1.807, 2.05) is 51.2 Å². The first-order valence-corrected chi connectivity index (χ1v) is 24.3. The number of likely N-dealkylation sites (N-methyl/N-ethyl adjacent to an activating group) is 1. The Morgan fingerprint density at radius 3 is 2.34 bits per heavy atom. The number of ether oxygens (including phenoxy) is 8. The number of aromatic nitrogens is 3. The lowest BCUT2D eigenvalue weighted by molar-refractivity contribution is -0.314. The smallest absolute Gasteiger partial charge is 0.306 e. The Hall–Kier alpha value is -2.83. The molecule has 5 fully saturated rings. The van der Waals surface area contributed by atoms with Crippen LogP contribution in [0, 0.1) is 35.5 Å². The molecule has 5 unspecified atom stereocenters. The molecule has 0 amide bonds. The molecule has 3 saturated heterocycles. The van der Waals surface area contributed by atoms with Gasteiger partial charge < -0.3 is 47.9 Å². The lowest BCUT2D eigenvalue weighted by Gasteiger charge is -2.46. The van der Waals surface area contributed by atoms with Crippen LogP contribution in [0.15, 0.2) is 42.1 Å². The van der Waals surface area contributed by atoms with E-state index in [4.69, 9.17) is 49.5 Å². The number of rotatable bonds is 11. The summed E-state index contributed by atoms with van der Waals surface area (Å²) in [5.74, 6) is -2.53. The van der Waals surface area contributed by atoms with Crippen LogP contribution in [0.25, 0.3) is 11.3 Å². The van der Waals surface area contributed by atoms with Crippen LogP contribution in [-0.4, -0.2) is 146 Å². The number of aliphatic hydroxyl groups excluding tert-OH is 1. The Kier molecular flexibility index (Phi) is 15.6. The second-order valence-corrected chi connectivity index (χ2v) is 20.1. The maximum Gasteiger partial charge on any atom is 0.306 e. The van der Waals surface area contributed by atoms with E-state index < -0.39 is 60.8 Å². The molecule has 2 saturated carbocycles. The Balaban J connectivity index is 1.14. The van der Waals surface area contributed by atoms with Gasteiger partial charge in [-0.15, -0.1) is 5.10 Å². The fourth-order valence-electron chi connectivity index (χ4n) is 12.6. The van der Waals surface area contributed by atoms with E-state index in [2.05, 4.69) is 42.3 Å². The van der Waals surface area contributed by atoms with Crippen molar-refractivity contribution in [1.82, 2.24) is 19.9 Å². The predicted molar refractivity (Wildman–Crippen MR) is 241 cm³/mol. The maximum absolute atomic E-state index is 15.2.